The van der Waals surface area contributed by atoms with Crippen LogP contribution in [-0.2, 0) is 9.73 Å². The summed E-state index contributed by atoms with van der Waals surface area (Å²) in [6.45, 7) is 0.813. The number of likely N-dealkylation sites (tertiary alicyclic amines) is 1. The molecule has 216 valence electrons. The average Bonchev–Trinajstić information content (AvgIpc) is 3.24. The lowest BCUT2D eigenvalue weighted by molar-refractivity contribution is -0.0328. The maximum Gasteiger partial charge on any atom is 0.446 e. The van der Waals surface area contributed by atoms with Gasteiger partial charge in [0.2, 0.25) is 0 Å². The van der Waals surface area contributed by atoms with E-state index in [2.05, 4.69) is 26.8 Å². The van der Waals surface area contributed by atoms with Crippen LogP contribution in [0.5, 0.6) is 5.75 Å². The number of para-hydroxylation sites is 1. The zero-order valence-corrected chi connectivity index (χ0v) is 24.0. The highest BCUT2D eigenvalue weighted by atomic mass is 32.2. The molecule has 1 fully saturated rings. The number of nitrogens with one attached hydrogen (secondary N) is 2. The fourth-order valence-corrected chi connectivity index (χ4v) is 5.89. The Balaban J connectivity index is 1.60. The Morgan fingerprint density at radius 1 is 1.27 bits per heavy atom. The summed E-state index contributed by atoms with van der Waals surface area (Å²) in [4.78, 5) is 2.25. The van der Waals surface area contributed by atoms with E-state index in [9.17, 15) is 21.8 Å². The summed E-state index contributed by atoms with van der Waals surface area (Å²) < 4.78 is 83.1. The molecule has 4 rings (SSSR count). The molecule has 3 aromatic rings. The van der Waals surface area contributed by atoms with E-state index >= 15 is 0 Å². The number of anilines is 2. The lowest BCUT2D eigenvalue weighted by Crippen LogP contribution is -2.46. The van der Waals surface area contributed by atoms with E-state index in [-0.39, 0.29) is 46.5 Å². The molecule has 1 saturated heterocycles. The van der Waals surface area contributed by atoms with Gasteiger partial charge < -0.3 is 24.7 Å². The van der Waals surface area contributed by atoms with Crippen LogP contribution in [0.2, 0.25) is 0 Å². The molecule has 1 unspecified atom stereocenters. The smallest absolute Gasteiger partial charge is 0.446 e. The number of fused-ring (bicyclic) bond motifs is 1. The summed E-state index contributed by atoms with van der Waals surface area (Å²) in [6, 6.07) is 9.22. The van der Waals surface area contributed by atoms with Gasteiger partial charge in [-0.25, -0.2) is 13.0 Å². The summed E-state index contributed by atoms with van der Waals surface area (Å²) in [5.74, 6) is 5.66. The SMILES string of the molecule is CN=S(C)(=O)c1ccc(OCC#Cc2oc3c(N[C@@H]4CCN(C)C[C@@H]4F)cccc3c2SC(F)(F)F)c(NC)c1. The zero-order chi connectivity index (χ0) is 29.1. The topological polar surface area (TPSA) is 79.1 Å². The number of nitrogens with zero attached hydrogens (tertiary/aromatic N) is 2. The minimum Gasteiger partial charge on any atom is -0.479 e. The Bertz CT molecular complexity index is 1550. The van der Waals surface area contributed by atoms with Crippen molar-refractivity contribution in [2.24, 2.45) is 4.36 Å². The minimum absolute atomic E-state index is 0.148. The number of halogens is 4. The molecule has 2 N–H and O–H groups in total. The molecule has 0 bridgehead atoms. The van der Waals surface area contributed by atoms with Crippen molar-refractivity contribution in [2.75, 3.05) is 57.7 Å². The molecular weight excluding hydrogens is 568 g/mol. The first kappa shape index (κ1) is 29.9. The van der Waals surface area contributed by atoms with Gasteiger partial charge in [0.1, 0.15) is 18.5 Å². The molecule has 0 radical (unpaired) electrons. The summed E-state index contributed by atoms with van der Waals surface area (Å²) >= 11 is -0.306. The van der Waals surface area contributed by atoms with Gasteiger partial charge in [-0.1, -0.05) is 12.0 Å². The van der Waals surface area contributed by atoms with E-state index in [0.29, 0.717) is 35.0 Å². The lowest BCUT2D eigenvalue weighted by atomic mass is 10.0. The number of thioether (sulfide) groups is 1. The van der Waals surface area contributed by atoms with E-state index in [4.69, 9.17) is 9.15 Å². The first-order chi connectivity index (χ1) is 18.9. The number of ether oxygens (including phenoxy) is 1. The fourth-order valence-electron chi connectivity index (χ4n) is 4.33. The molecular formula is C27H30F4N4O3S2. The van der Waals surface area contributed by atoms with Gasteiger partial charge in [-0.3, -0.25) is 0 Å². The second kappa shape index (κ2) is 12.2. The molecule has 3 atom stereocenters. The van der Waals surface area contributed by atoms with Crippen LogP contribution in [0.15, 0.2) is 55.0 Å². The van der Waals surface area contributed by atoms with E-state index in [1.54, 1.807) is 37.4 Å². The Labute approximate surface area is 235 Å². The first-order valence-electron chi connectivity index (χ1n) is 12.4. The molecule has 7 nitrogen and oxygen atoms in total. The highest BCUT2D eigenvalue weighted by Gasteiger charge is 2.34. The van der Waals surface area contributed by atoms with Gasteiger partial charge in [-0.2, -0.15) is 13.2 Å². The third kappa shape index (κ3) is 6.97. The van der Waals surface area contributed by atoms with Gasteiger partial charge in [0, 0.05) is 43.7 Å². The number of hydrogen-bond donors (Lipinski definition) is 2. The van der Waals surface area contributed by atoms with Crippen molar-refractivity contribution in [1.82, 2.24) is 4.90 Å². The van der Waals surface area contributed by atoms with Gasteiger partial charge in [-0.05, 0) is 61.5 Å². The molecule has 1 aromatic heterocycles. The second-order valence-corrected chi connectivity index (χ2v) is 12.8. The van der Waals surface area contributed by atoms with Crippen molar-refractivity contribution >= 4 is 43.8 Å². The standard InChI is InChI=1S/C27H30F4N4O3S2/c1-32-22-15-17(40(4,36)33-2)10-11-23(22)37-14-6-9-24-26(39-27(29,30)31)18-7-5-8-21(25(18)38-24)34-20-12-13-35(3)16-19(20)28/h5,7-8,10-11,15,19-20,32,34H,12-14,16H2,1-4H3/t19-,20+,40?/m0/s1. The molecule has 0 saturated carbocycles. The van der Waals surface area contributed by atoms with Gasteiger partial charge in [0.05, 0.1) is 32.0 Å². The van der Waals surface area contributed by atoms with Crippen LogP contribution < -0.4 is 15.4 Å². The van der Waals surface area contributed by atoms with E-state index in [0.717, 1.165) is 0 Å². The maximum absolute atomic E-state index is 14.6. The Morgan fingerprint density at radius 2 is 2.05 bits per heavy atom. The van der Waals surface area contributed by atoms with Crippen LogP contribution >= 0.6 is 11.8 Å². The Hall–Kier alpha value is -3.08. The number of alkyl halides is 4. The number of rotatable bonds is 7. The van der Waals surface area contributed by atoms with Crippen LogP contribution in [0.25, 0.3) is 11.0 Å². The average molecular weight is 599 g/mol. The van der Waals surface area contributed by atoms with Crippen molar-refractivity contribution in [3.63, 3.8) is 0 Å². The monoisotopic (exact) mass is 598 g/mol. The predicted molar refractivity (Wildman–Crippen MR) is 152 cm³/mol. The lowest BCUT2D eigenvalue weighted by Gasteiger charge is -2.33. The summed E-state index contributed by atoms with van der Waals surface area (Å²) in [7, 11) is 2.45. The number of hydrogen-bond acceptors (Lipinski definition) is 8. The van der Waals surface area contributed by atoms with Crippen molar-refractivity contribution in [1.29, 1.82) is 0 Å². The van der Waals surface area contributed by atoms with Gasteiger partial charge in [0.15, 0.2) is 11.3 Å². The minimum atomic E-state index is -4.57. The largest absolute Gasteiger partial charge is 0.479 e. The number of piperidine rings is 1. The van der Waals surface area contributed by atoms with Crippen molar-refractivity contribution in [3.8, 4) is 17.6 Å². The van der Waals surface area contributed by atoms with E-state index in [1.165, 1.54) is 19.4 Å². The third-order valence-electron chi connectivity index (χ3n) is 6.48. The highest BCUT2D eigenvalue weighted by molar-refractivity contribution is 8.00. The molecule has 40 heavy (non-hydrogen) atoms. The van der Waals surface area contributed by atoms with Crippen LogP contribution in [0, 0.1) is 11.8 Å². The van der Waals surface area contributed by atoms with Crippen molar-refractivity contribution in [2.45, 2.75) is 33.9 Å². The van der Waals surface area contributed by atoms with E-state index < -0.39 is 27.5 Å². The van der Waals surface area contributed by atoms with Crippen LogP contribution in [-0.4, -0.2) is 73.9 Å². The fraction of sp³-hybridized carbons (Fsp3) is 0.407. The zero-order valence-electron chi connectivity index (χ0n) is 22.4. The molecule has 1 aliphatic heterocycles. The molecule has 13 heteroatoms. The predicted octanol–water partition coefficient (Wildman–Crippen LogP) is 6.06. The second-order valence-electron chi connectivity index (χ2n) is 9.29. The molecule has 0 aliphatic carbocycles. The highest BCUT2D eigenvalue weighted by Crippen LogP contribution is 2.45. The Morgan fingerprint density at radius 3 is 2.73 bits per heavy atom. The molecule has 0 amide bonds. The van der Waals surface area contributed by atoms with Gasteiger partial charge in [0.25, 0.3) is 0 Å². The van der Waals surface area contributed by atoms with Crippen LogP contribution in [0.4, 0.5) is 28.9 Å². The third-order valence-corrected chi connectivity index (χ3v) is 9.15. The van der Waals surface area contributed by atoms with Gasteiger partial charge >= 0.3 is 5.51 Å². The van der Waals surface area contributed by atoms with Crippen molar-refractivity contribution < 1.29 is 30.9 Å². The Kier molecular flexibility index (Phi) is 9.12. The van der Waals surface area contributed by atoms with E-state index in [1.807, 2.05) is 11.9 Å². The normalized spacial score (nSPS) is 19.4. The molecule has 2 aromatic carbocycles. The maximum atomic E-state index is 14.6. The molecule has 0 spiro atoms. The summed E-state index contributed by atoms with van der Waals surface area (Å²) in [5.41, 5.74) is -3.42. The molecule has 2 heterocycles. The van der Waals surface area contributed by atoms with Crippen molar-refractivity contribution in [3.05, 3.63) is 42.2 Å². The van der Waals surface area contributed by atoms with Crippen LogP contribution in [0.3, 0.4) is 0 Å². The quantitative estimate of drug-likeness (QED) is 0.195. The van der Waals surface area contributed by atoms with Crippen LogP contribution in [0.1, 0.15) is 12.2 Å². The first-order valence-corrected chi connectivity index (χ1v) is 15.1. The van der Waals surface area contributed by atoms with Gasteiger partial charge in [-0.15, -0.1) is 0 Å². The summed E-state index contributed by atoms with van der Waals surface area (Å²) in [6.07, 6.45) is 0.935. The molecule has 1 aliphatic rings. The summed E-state index contributed by atoms with van der Waals surface area (Å²) in [5, 5.41) is 6.32. The number of furan rings is 1. The number of benzene rings is 2.